The Hall–Kier alpha value is -0.130. The summed E-state index contributed by atoms with van der Waals surface area (Å²) in [5.74, 6) is 0.696. The molecular formula is C13H28N2O2S. The van der Waals surface area contributed by atoms with Crippen LogP contribution in [0.15, 0.2) is 0 Å². The fourth-order valence-corrected chi connectivity index (χ4v) is 3.98. The molecule has 1 rings (SSSR count). The summed E-state index contributed by atoms with van der Waals surface area (Å²) < 4.78 is 26.9. The molecule has 1 saturated heterocycles. The van der Waals surface area contributed by atoms with Crippen molar-refractivity contribution < 1.29 is 8.42 Å². The molecule has 1 aliphatic rings. The number of sulfonamides is 1. The van der Waals surface area contributed by atoms with Gasteiger partial charge in [0.15, 0.2) is 0 Å². The van der Waals surface area contributed by atoms with Gasteiger partial charge in [0.2, 0.25) is 10.0 Å². The molecule has 4 nitrogen and oxygen atoms in total. The van der Waals surface area contributed by atoms with Crippen LogP contribution in [0.5, 0.6) is 0 Å². The van der Waals surface area contributed by atoms with Crippen molar-refractivity contribution in [3.8, 4) is 0 Å². The average molecular weight is 276 g/mol. The fourth-order valence-electron chi connectivity index (χ4n) is 2.22. The molecule has 0 aromatic heterocycles. The third kappa shape index (κ3) is 6.16. The summed E-state index contributed by atoms with van der Waals surface area (Å²) in [5.41, 5.74) is 0.0622. The summed E-state index contributed by atoms with van der Waals surface area (Å²) in [6.07, 6.45) is 2.81. The molecule has 5 heteroatoms. The second kappa shape index (κ2) is 6.35. The van der Waals surface area contributed by atoms with E-state index in [4.69, 9.17) is 0 Å². The Morgan fingerprint density at radius 3 is 2.33 bits per heavy atom. The first-order valence-electron chi connectivity index (χ1n) is 6.90. The minimum atomic E-state index is -3.13. The van der Waals surface area contributed by atoms with Crippen molar-refractivity contribution in [1.82, 2.24) is 10.0 Å². The van der Waals surface area contributed by atoms with Crippen molar-refractivity contribution in [3.05, 3.63) is 0 Å². The molecule has 0 bridgehead atoms. The van der Waals surface area contributed by atoms with Gasteiger partial charge in [0, 0.05) is 6.04 Å². The first-order valence-corrected chi connectivity index (χ1v) is 8.55. The van der Waals surface area contributed by atoms with E-state index in [9.17, 15) is 8.42 Å². The van der Waals surface area contributed by atoms with Crippen molar-refractivity contribution in [2.45, 2.75) is 53.0 Å². The van der Waals surface area contributed by atoms with E-state index in [2.05, 4.69) is 30.8 Å². The van der Waals surface area contributed by atoms with Crippen LogP contribution in [0.4, 0.5) is 0 Å². The van der Waals surface area contributed by atoms with Gasteiger partial charge in [-0.05, 0) is 50.6 Å². The molecule has 18 heavy (non-hydrogen) atoms. The largest absolute Gasteiger partial charge is 0.317 e. The highest BCUT2D eigenvalue weighted by Crippen LogP contribution is 2.20. The maximum absolute atomic E-state index is 12.0. The molecule has 0 aromatic rings. The predicted octanol–water partition coefficient (Wildman–Crippen LogP) is 1.73. The van der Waals surface area contributed by atoms with Crippen LogP contribution in [-0.2, 0) is 10.0 Å². The van der Waals surface area contributed by atoms with E-state index < -0.39 is 10.0 Å². The summed E-state index contributed by atoms with van der Waals surface area (Å²) in [6, 6.07) is 0.0528. The minimum Gasteiger partial charge on any atom is -0.317 e. The lowest BCUT2D eigenvalue weighted by atomic mass is 9.92. The van der Waals surface area contributed by atoms with Gasteiger partial charge in [0.05, 0.1) is 5.75 Å². The van der Waals surface area contributed by atoms with E-state index in [1.165, 1.54) is 0 Å². The van der Waals surface area contributed by atoms with Crippen LogP contribution < -0.4 is 10.0 Å². The number of nitrogens with one attached hydrogen (secondary N) is 2. The van der Waals surface area contributed by atoms with Gasteiger partial charge in [-0.25, -0.2) is 13.1 Å². The third-order valence-corrected chi connectivity index (χ3v) is 5.05. The van der Waals surface area contributed by atoms with Crippen LogP contribution in [0.2, 0.25) is 0 Å². The lowest BCUT2D eigenvalue weighted by Crippen LogP contribution is -2.43. The van der Waals surface area contributed by atoms with Gasteiger partial charge >= 0.3 is 0 Å². The molecule has 1 heterocycles. The first-order chi connectivity index (χ1) is 8.20. The highest BCUT2D eigenvalue weighted by Gasteiger charge is 2.25. The Morgan fingerprint density at radius 2 is 1.83 bits per heavy atom. The van der Waals surface area contributed by atoms with Gasteiger partial charge in [-0.1, -0.05) is 20.8 Å². The Labute approximate surface area is 112 Å². The molecule has 1 unspecified atom stereocenters. The number of piperidine rings is 1. The van der Waals surface area contributed by atoms with Crippen molar-refractivity contribution in [2.75, 3.05) is 18.8 Å². The maximum Gasteiger partial charge on any atom is 0.211 e. The van der Waals surface area contributed by atoms with Crippen LogP contribution in [-0.4, -0.2) is 33.3 Å². The molecule has 0 amide bonds. The summed E-state index contributed by atoms with van der Waals surface area (Å²) in [6.45, 7) is 10.2. The average Bonchev–Trinajstić information content (AvgIpc) is 2.26. The zero-order valence-corrected chi connectivity index (χ0v) is 12.9. The van der Waals surface area contributed by atoms with Gasteiger partial charge in [-0.15, -0.1) is 0 Å². The number of rotatable bonds is 5. The summed E-state index contributed by atoms with van der Waals surface area (Å²) in [5, 5.41) is 3.30. The molecule has 0 aromatic carbocycles. The lowest BCUT2D eigenvalue weighted by Gasteiger charge is -2.29. The van der Waals surface area contributed by atoms with Gasteiger partial charge in [0.1, 0.15) is 0 Å². The highest BCUT2D eigenvalue weighted by atomic mass is 32.2. The predicted molar refractivity (Wildman–Crippen MR) is 76.1 cm³/mol. The Balaban J connectivity index is 2.43. The molecule has 1 aliphatic heterocycles. The lowest BCUT2D eigenvalue weighted by molar-refractivity contribution is 0.315. The van der Waals surface area contributed by atoms with Crippen molar-refractivity contribution >= 4 is 10.0 Å². The van der Waals surface area contributed by atoms with Crippen LogP contribution in [0, 0.1) is 11.3 Å². The summed E-state index contributed by atoms with van der Waals surface area (Å²) in [7, 11) is -3.13. The maximum atomic E-state index is 12.0. The first kappa shape index (κ1) is 15.9. The molecule has 0 spiro atoms. The highest BCUT2D eigenvalue weighted by molar-refractivity contribution is 7.89. The van der Waals surface area contributed by atoms with E-state index in [-0.39, 0.29) is 17.2 Å². The molecular weight excluding hydrogens is 248 g/mol. The number of hydrogen-bond acceptors (Lipinski definition) is 3. The Bertz CT molecular complexity index is 340. The molecule has 1 fully saturated rings. The second-order valence-corrected chi connectivity index (χ2v) is 8.50. The summed E-state index contributed by atoms with van der Waals surface area (Å²) >= 11 is 0. The molecule has 2 N–H and O–H groups in total. The van der Waals surface area contributed by atoms with Crippen molar-refractivity contribution in [1.29, 1.82) is 0 Å². The summed E-state index contributed by atoms with van der Waals surface area (Å²) in [4.78, 5) is 0. The van der Waals surface area contributed by atoms with Crippen LogP contribution in [0.25, 0.3) is 0 Å². The minimum absolute atomic E-state index is 0.0528. The molecule has 108 valence electrons. The SMILES string of the molecule is CC(NS(=O)(=O)CCC(C)(C)C)C1CCNCC1. The monoisotopic (exact) mass is 276 g/mol. The number of hydrogen-bond donors (Lipinski definition) is 2. The van der Waals surface area contributed by atoms with E-state index in [0.717, 1.165) is 25.9 Å². The van der Waals surface area contributed by atoms with Gasteiger partial charge in [0.25, 0.3) is 0 Å². The van der Waals surface area contributed by atoms with Gasteiger partial charge in [-0.2, -0.15) is 0 Å². The van der Waals surface area contributed by atoms with Crippen molar-refractivity contribution in [2.24, 2.45) is 11.3 Å². The Kier molecular flexibility index (Phi) is 5.62. The van der Waals surface area contributed by atoms with E-state index in [1.807, 2.05) is 6.92 Å². The van der Waals surface area contributed by atoms with E-state index in [0.29, 0.717) is 12.3 Å². The quantitative estimate of drug-likeness (QED) is 0.804. The van der Waals surface area contributed by atoms with Crippen molar-refractivity contribution in [3.63, 3.8) is 0 Å². The Morgan fingerprint density at radius 1 is 1.28 bits per heavy atom. The fraction of sp³-hybridized carbons (Fsp3) is 1.00. The van der Waals surface area contributed by atoms with Gasteiger partial charge in [-0.3, -0.25) is 0 Å². The zero-order chi connectivity index (χ0) is 13.8. The molecule has 0 aliphatic carbocycles. The van der Waals surface area contributed by atoms with Crippen LogP contribution in [0.3, 0.4) is 0 Å². The topological polar surface area (TPSA) is 58.2 Å². The third-order valence-electron chi connectivity index (χ3n) is 3.58. The second-order valence-electron chi connectivity index (χ2n) is 6.62. The standard InChI is InChI=1S/C13H28N2O2S/c1-11(12-5-8-14-9-6-12)15-18(16,17)10-7-13(2,3)4/h11-12,14-15H,5-10H2,1-4H3. The van der Waals surface area contributed by atoms with Crippen LogP contribution in [0.1, 0.15) is 47.0 Å². The van der Waals surface area contributed by atoms with E-state index >= 15 is 0 Å². The normalized spacial score (nSPS) is 20.9. The molecule has 0 saturated carbocycles. The molecule has 0 radical (unpaired) electrons. The van der Waals surface area contributed by atoms with Crippen LogP contribution >= 0.6 is 0 Å². The van der Waals surface area contributed by atoms with Gasteiger partial charge < -0.3 is 5.32 Å². The smallest absolute Gasteiger partial charge is 0.211 e. The zero-order valence-electron chi connectivity index (χ0n) is 12.1. The molecule has 1 atom stereocenters. The van der Waals surface area contributed by atoms with E-state index in [1.54, 1.807) is 0 Å².